The summed E-state index contributed by atoms with van der Waals surface area (Å²) in [5, 5.41) is 2.73. The van der Waals surface area contributed by atoms with Gasteiger partial charge in [0.2, 0.25) is 11.8 Å². The molecule has 4 rings (SSSR count). The maximum Gasteiger partial charge on any atom is 0.246 e. The predicted molar refractivity (Wildman–Crippen MR) is 136 cm³/mol. The normalized spacial score (nSPS) is 22.9. The minimum atomic E-state index is -0.750. The maximum atomic E-state index is 15.3. The monoisotopic (exact) mass is 497 g/mol. The minimum Gasteiger partial charge on any atom is -0.371 e. The van der Waals surface area contributed by atoms with E-state index in [1.807, 2.05) is 49.1 Å². The van der Waals surface area contributed by atoms with Crippen molar-refractivity contribution in [2.45, 2.75) is 51.4 Å². The number of aryl methyl sites for hydroxylation is 1. The van der Waals surface area contributed by atoms with Crippen molar-refractivity contribution in [1.29, 1.82) is 0 Å². The summed E-state index contributed by atoms with van der Waals surface area (Å²) in [7, 11) is 0. The molecule has 1 aliphatic heterocycles. The number of benzene rings is 2. The predicted octanol–water partition coefficient (Wildman–Crippen LogP) is 3.35. The molecule has 0 bridgehead atoms. The number of nitrogens with one attached hydrogen (secondary N) is 1. The topological polar surface area (TPSA) is 93.9 Å². The molecule has 36 heavy (non-hydrogen) atoms. The van der Waals surface area contributed by atoms with Crippen LogP contribution < -0.4 is 11.1 Å². The van der Waals surface area contributed by atoms with Crippen LogP contribution in [0.2, 0.25) is 0 Å². The maximum absolute atomic E-state index is 15.3. The Labute approximate surface area is 212 Å². The van der Waals surface area contributed by atoms with E-state index in [-0.39, 0.29) is 36.2 Å². The van der Waals surface area contributed by atoms with Crippen LogP contribution in [0, 0.1) is 18.7 Å². The lowest BCUT2D eigenvalue weighted by molar-refractivity contribution is -0.155. The molecule has 1 aliphatic carbocycles. The zero-order chi connectivity index (χ0) is 25.7. The van der Waals surface area contributed by atoms with Crippen LogP contribution in [0.5, 0.6) is 0 Å². The first-order valence-electron chi connectivity index (χ1n) is 12.8. The Morgan fingerprint density at radius 1 is 1.25 bits per heavy atom. The van der Waals surface area contributed by atoms with Gasteiger partial charge in [0.25, 0.3) is 0 Å². The summed E-state index contributed by atoms with van der Waals surface area (Å²) in [6.45, 7) is 5.19. The van der Waals surface area contributed by atoms with Crippen molar-refractivity contribution in [2.75, 3.05) is 32.8 Å². The van der Waals surface area contributed by atoms with Gasteiger partial charge in [-0.1, -0.05) is 42.0 Å². The average molecular weight is 498 g/mol. The first-order chi connectivity index (χ1) is 17.4. The van der Waals surface area contributed by atoms with E-state index in [4.69, 9.17) is 15.2 Å². The van der Waals surface area contributed by atoms with Crippen LogP contribution in [0.15, 0.2) is 42.5 Å². The summed E-state index contributed by atoms with van der Waals surface area (Å²) >= 11 is 0. The molecule has 3 N–H and O–H groups in total. The molecule has 0 aromatic heterocycles. The fraction of sp³-hybridized carbons (Fsp3) is 0.500. The van der Waals surface area contributed by atoms with Crippen LogP contribution in [-0.2, 0) is 19.1 Å². The largest absolute Gasteiger partial charge is 0.371 e. The number of carbonyl (C=O) groups excluding carboxylic acids is 2. The molecule has 194 valence electrons. The van der Waals surface area contributed by atoms with E-state index in [2.05, 4.69) is 5.32 Å². The van der Waals surface area contributed by atoms with Crippen molar-refractivity contribution in [2.24, 2.45) is 11.7 Å². The number of carbonyl (C=O) groups is 2. The summed E-state index contributed by atoms with van der Waals surface area (Å²) in [6.07, 6.45) is 1.03. The van der Waals surface area contributed by atoms with Gasteiger partial charge in [0, 0.05) is 37.2 Å². The van der Waals surface area contributed by atoms with Gasteiger partial charge in [-0.3, -0.25) is 9.59 Å². The Morgan fingerprint density at radius 3 is 2.78 bits per heavy atom. The van der Waals surface area contributed by atoms with Crippen LogP contribution in [0.3, 0.4) is 0 Å². The highest BCUT2D eigenvalue weighted by Crippen LogP contribution is 2.37. The van der Waals surface area contributed by atoms with Crippen LogP contribution in [0.4, 0.5) is 4.39 Å². The molecular weight excluding hydrogens is 461 g/mol. The number of ether oxygens (including phenoxy) is 2. The van der Waals surface area contributed by atoms with Crippen LogP contribution in [0.25, 0.3) is 11.1 Å². The molecular formula is C28H36FN3O4. The van der Waals surface area contributed by atoms with Gasteiger partial charge in [-0.15, -0.1) is 0 Å². The number of nitrogens with two attached hydrogens (primary N) is 1. The quantitative estimate of drug-likeness (QED) is 0.584. The molecule has 1 heterocycles. The van der Waals surface area contributed by atoms with E-state index >= 15 is 4.39 Å². The number of hydrogen-bond donors (Lipinski definition) is 2. The molecule has 2 aromatic rings. The number of amides is 2. The summed E-state index contributed by atoms with van der Waals surface area (Å²) in [5.41, 5.74) is 8.77. The highest BCUT2D eigenvalue weighted by Gasteiger charge is 2.37. The number of nitrogens with zero attached hydrogens (tertiary/aromatic N) is 1. The van der Waals surface area contributed by atoms with E-state index in [1.165, 1.54) is 6.07 Å². The Balaban J connectivity index is 1.65. The van der Waals surface area contributed by atoms with E-state index in [0.29, 0.717) is 43.8 Å². The Morgan fingerprint density at radius 2 is 2.06 bits per heavy atom. The van der Waals surface area contributed by atoms with Gasteiger partial charge in [-0.05, 0) is 50.3 Å². The lowest BCUT2D eigenvalue weighted by atomic mass is 9.91. The third kappa shape index (κ3) is 6.11. The molecule has 1 saturated heterocycles. The van der Waals surface area contributed by atoms with Gasteiger partial charge in [-0.2, -0.15) is 0 Å². The molecule has 2 aromatic carbocycles. The molecule has 2 aliphatic rings. The molecule has 8 heteroatoms. The van der Waals surface area contributed by atoms with E-state index < -0.39 is 12.2 Å². The zero-order valence-electron chi connectivity index (χ0n) is 21.0. The molecule has 1 saturated carbocycles. The van der Waals surface area contributed by atoms with Crippen molar-refractivity contribution >= 4 is 11.8 Å². The molecule has 0 spiro atoms. The number of halogens is 1. The third-order valence-electron chi connectivity index (χ3n) is 6.99. The van der Waals surface area contributed by atoms with E-state index in [0.717, 1.165) is 24.0 Å². The van der Waals surface area contributed by atoms with Crippen molar-refractivity contribution in [3.63, 3.8) is 0 Å². The van der Waals surface area contributed by atoms with Crippen LogP contribution >= 0.6 is 0 Å². The molecule has 7 nitrogen and oxygen atoms in total. The Kier molecular flexibility index (Phi) is 8.72. The Bertz CT molecular complexity index is 1080. The second kappa shape index (κ2) is 12.0. The van der Waals surface area contributed by atoms with Crippen LogP contribution in [0.1, 0.15) is 43.4 Å². The highest BCUT2D eigenvalue weighted by molar-refractivity contribution is 5.79. The minimum absolute atomic E-state index is 0.0631. The fourth-order valence-corrected chi connectivity index (χ4v) is 5.25. The van der Waals surface area contributed by atoms with Crippen molar-refractivity contribution in [1.82, 2.24) is 10.2 Å². The standard InChI is InChI=1S/C28H36FN3O4/c1-3-31-25(33)17-36-27(22-8-5-9-23(29)26(22)19-7-4-6-18(2)14-19)24-16-32(12-13-35-24)28(34)20-10-11-21(30)15-20/h4-9,14,20-21,24,27H,3,10-13,15-17,30H2,1-2H3,(H,31,33)/t20-,21+,24-,27?/m1/s1. The first kappa shape index (κ1) is 26.3. The first-order valence-corrected chi connectivity index (χ1v) is 12.8. The van der Waals surface area contributed by atoms with Crippen molar-refractivity contribution < 1.29 is 23.5 Å². The number of rotatable bonds is 8. The molecule has 1 unspecified atom stereocenters. The van der Waals surface area contributed by atoms with E-state index in [9.17, 15) is 9.59 Å². The van der Waals surface area contributed by atoms with Crippen molar-refractivity contribution in [3.8, 4) is 11.1 Å². The Hall–Kier alpha value is -2.81. The van der Waals surface area contributed by atoms with Gasteiger partial charge in [0.15, 0.2) is 0 Å². The number of likely N-dealkylation sites (N-methyl/N-ethyl adjacent to an activating group) is 1. The molecule has 2 amide bonds. The molecule has 2 fully saturated rings. The van der Waals surface area contributed by atoms with Crippen molar-refractivity contribution in [3.05, 3.63) is 59.4 Å². The lowest BCUT2D eigenvalue weighted by Crippen LogP contribution is -2.50. The third-order valence-corrected chi connectivity index (χ3v) is 6.99. The lowest BCUT2D eigenvalue weighted by Gasteiger charge is -2.38. The zero-order valence-corrected chi connectivity index (χ0v) is 21.0. The van der Waals surface area contributed by atoms with Gasteiger partial charge in [0.1, 0.15) is 24.6 Å². The summed E-state index contributed by atoms with van der Waals surface area (Å²) in [5.74, 6) is -0.643. The smallest absolute Gasteiger partial charge is 0.246 e. The average Bonchev–Trinajstić information content (AvgIpc) is 3.30. The van der Waals surface area contributed by atoms with Gasteiger partial charge in [-0.25, -0.2) is 4.39 Å². The van der Waals surface area contributed by atoms with Gasteiger partial charge >= 0.3 is 0 Å². The summed E-state index contributed by atoms with van der Waals surface area (Å²) < 4.78 is 27.6. The van der Waals surface area contributed by atoms with E-state index in [1.54, 1.807) is 6.07 Å². The summed E-state index contributed by atoms with van der Waals surface area (Å²) in [6, 6.07) is 12.5. The second-order valence-corrected chi connectivity index (χ2v) is 9.72. The second-order valence-electron chi connectivity index (χ2n) is 9.72. The van der Waals surface area contributed by atoms with Gasteiger partial charge < -0.3 is 25.4 Å². The fourth-order valence-electron chi connectivity index (χ4n) is 5.25. The highest BCUT2D eigenvalue weighted by atomic mass is 19.1. The molecule has 0 radical (unpaired) electrons. The van der Waals surface area contributed by atoms with Gasteiger partial charge in [0.05, 0.1) is 6.61 Å². The SMILES string of the molecule is CCNC(=O)COC(c1cccc(F)c1-c1cccc(C)c1)[C@H]1CN(C(=O)[C@@H]2CC[C@H](N)C2)CCO1. The van der Waals surface area contributed by atoms with Crippen LogP contribution in [-0.4, -0.2) is 61.7 Å². The number of hydrogen-bond acceptors (Lipinski definition) is 5. The summed E-state index contributed by atoms with van der Waals surface area (Å²) in [4.78, 5) is 27.3. The molecule has 4 atom stereocenters. The number of morpholine rings is 1.